The Balaban J connectivity index is 3.22. The van der Waals surface area contributed by atoms with Crippen molar-refractivity contribution >= 4 is 23.4 Å². The molecule has 0 fully saturated rings. The molecule has 1 nitrogen and oxygen atoms in total. The van der Waals surface area contributed by atoms with Crippen LogP contribution in [-0.2, 0) is 5.60 Å². The predicted octanol–water partition coefficient (Wildman–Crippen LogP) is 3.29. The molecule has 1 rings (SSSR count). The van der Waals surface area contributed by atoms with Crippen LogP contribution < -0.4 is 0 Å². The zero-order valence-electron chi connectivity index (χ0n) is 7.97. The third-order valence-electron chi connectivity index (χ3n) is 1.82. The molecule has 1 aromatic carbocycles. The van der Waals surface area contributed by atoms with Crippen LogP contribution in [0.15, 0.2) is 23.1 Å². The van der Waals surface area contributed by atoms with Gasteiger partial charge in [-0.25, -0.2) is 0 Å². The molecule has 0 aromatic heterocycles. The highest BCUT2D eigenvalue weighted by Crippen LogP contribution is 2.31. The van der Waals surface area contributed by atoms with Gasteiger partial charge < -0.3 is 5.11 Å². The summed E-state index contributed by atoms with van der Waals surface area (Å²) in [5, 5.41) is 10.5. The first kappa shape index (κ1) is 10.9. The molecule has 0 radical (unpaired) electrons. The molecule has 1 N–H and O–H groups in total. The Kier molecular flexibility index (Phi) is 3.28. The van der Waals surface area contributed by atoms with E-state index in [-0.39, 0.29) is 0 Å². The molecule has 0 aliphatic rings. The van der Waals surface area contributed by atoms with Gasteiger partial charge in [-0.3, -0.25) is 0 Å². The second kappa shape index (κ2) is 3.91. The summed E-state index contributed by atoms with van der Waals surface area (Å²) >= 11 is 7.44. The van der Waals surface area contributed by atoms with Gasteiger partial charge in [-0.05, 0) is 37.8 Å². The highest BCUT2D eigenvalue weighted by molar-refractivity contribution is 7.98. The van der Waals surface area contributed by atoms with Gasteiger partial charge in [0.1, 0.15) is 0 Å². The van der Waals surface area contributed by atoms with E-state index >= 15 is 0 Å². The van der Waals surface area contributed by atoms with Gasteiger partial charge in [0.2, 0.25) is 0 Å². The molecular weight excluding hydrogens is 204 g/mol. The van der Waals surface area contributed by atoms with Crippen LogP contribution in [0.1, 0.15) is 19.4 Å². The lowest BCUT2D eigenvalue weighted by Gasteiger charge is -2.20. The fourth-order valence-electron chi connectivity index (χ4n) is 1.17. The van der Waals surface area contributed by atoms with Crippen LogP contribution in [0.25, 0.3) is 0 Å². The molecule has 3 heteroatoms. The molecule has 72 valence electrons. The summed E-state index contributed by atoms with van der Waals surface area (Å²) in [4.78, 5) is 1.03. The van der Waals surface area contributed by atoms with Crippen molar-refractivity contribution < 1.29 is 5.11 Å². The molecule has 0 spiro atoms. The van der Waals surface area contributed by atoms with Crippen LogP contribution in [0.4, 0.5) is 0 Å². The Morgan fingerprint density at radius 2 is 2.00 bits per heavy atom. The lowest BCUT2D eigenvalue weighted by molar-refractivity contribution is 0.0758. The molecule has 0 aliphatic carbocycles. The first-order chi connectivity index (χ1) is 5.95. The van der Waals surface area contributed by atoms with E-state index in [2.05, 4.69) is 0 Å². The Hall–Kier alpha value is -0.180. The van der Waals surface area contributed by atoms with E-state index in [9.17, 15) is 5.11 Å². The van der Waals surface area contributed by atoms with Crippen molar-refractivity contribution in [3.05, 3.63) is 28.8 Å². The van der Waals surface area contributed by atoms with Gasteiger partial charge in [0, 0.05) is 9.92 Å². The van der Waals surface area contributed by atoms with Crippen molar-refractivity contribution in [3.63, 3.8) is 0 Å². The summed E-state index contributed by atoms with van der Waals surface area (Å²) < 4.78 is 0. The van der Waals surface area contributed by atoms with Crippen LogP contribution >= 0.6 is 23.4 Å². The molecule has 0 bridgehead atoms. The molecule has 0 atom stereocenters. The average molecular weight is 217 g/mol. The quantitative estimate of drug-likeness (QED) is 0.766. The zero-order valence-corrected chi connectivity index (χ0v) is 9.54. The average Bonchev–Trinajstić information content (AvgIpc) is 2.01. The highest BCUT2D eigenvalue weighted by atomic mass is 35.5. The van der Waals surface area contributed by atoms with E-state index < -0.39 is 5.60 Å². The van der Waals surface area contributed by atoms with Gasteiger partial charge in [-0.1, -0.05) is 17.7 Å². The summed E-state index contributed by atoms with van der Waals surface area (Å²) in [6.07, 6.45) is 1.97. The molecule has 0 aliphatic heterocycles. The minimum atomic E-state index is -0.803. The smallest absolute Gasteiger partial charge is 0.0851 e. The van der Waals surface area contributed by atoms with Gasteiger partial charge >= 0.3 is 0 Å². The lowest BCUT2D eigenvalue weighted by atomic mass is 9.99. The summed E-state index contributed by atoms with van der Waals surface area (Å²) in [6, 6.07) is 5.54. The SMILES string of the molecule is CSc1cc(Cl)ccc1C(C)(C)O. The monoisotopic (exact) mass is 216 g/mol. The largest absolute Gasteiger partial charge is 0.386 e. The Morgan fingerprint density at radius 1 is 1.38 bits per heavy atom. The van der Waals surface area contributed by atoms with Gasteiger partial charge in [0.05, 0.1) is 5.60 Å². The maximum atomic E-state index is 9.84. The number of halogens is 1. The number of hydrogen-bond donors (Lipinski definition) is 1. The van der Waals surface area contributed by atoms with Gasteiger partial charge in [-0.15, -0.1) is 11.8 Å². The van der Waals surface area contributed by atoms with E-state index in [1.165, 1.54) is 0 Å². The van der Waals surface area contributed by atoms with Crippen LogP contribution in [0.3, 0.4) is 0 Å². The fraction of sp³-hybridized carbons (Fsp3) is 0.400. The Labute approximate surface area is 88.1 Å². The lowest BCUT2D eigenvalue weighted by Crippen LogP contribution is -2.16. The third kappa shape index (κ3) is 2.63. The molecule has 0 saturated carbocycles. The summed E-state index contributed by atoms with van der Waals surface area (Å²) in [5.74, 6) is 0. The first-order valence-corrected chi connectivity index (χ1v) is 5.62. The molecule has 0 heterocycles. The minimum absolute atomic E-state index is 0.706. The van der Waals surface area contributed by atoms with E-state index in [1.54, 1.807) is 31.7 Å². The predicted molar refractivity (Wildman–Crippen MR) is 58.5 cm³/mol. The van der Waals surface area contributed by atoms with E-state index in [1.807, 2.05) is 18.4 Å². The second-order valence-electron chi connectivity index (χ2n) is 3.40. The highest BCUT2D eigenvalue weighted by Gasteiger charge is 2.19. The molecule has 0 saturated heterocycles. The van der Waals surface area contributed by atoms with E-state index in [4.69, 9.17) is 11.6 Å². The van der Waals surface area contributed by atoms with Gasteiger partial charge in [-0.2, -0.15) is 0 Å². The van der Waals surface area contributed by atoms with Crippen LogP contribution in [0.5, 0.6) is 0 Å². The topological polar surface area (TPSA) is 20.2 Å². The molecule has 13 heavy (non-hydrogen) atoms. The summed E-state index contributed by atoms with van der Waals surface area (Å²) in [6.45, 7) is 3.55. The van der Waals surface area contributed by atoms with Crippen molar-refractivity contribution in [2.45, 2.75) is 24.3 Å². The molecule has 1 aromatic rings. The molecule has 0 unspecified atom stereocenters. The van der Waals surface area contributed by atoms with Crippen LogP contribution in [0, 0.1) is 0 Å². The van der Waals surface area contributed by atoms with E-state index in [0.29, 0.717) is 5.02 Å². The molecular formula is C10H13ClOS. The van der Waals surface area contributed by atoms with Crippen LogP contribution in [0.2, 0.25) is 5.02 Å². The van der Waals surface area contributed by atoms with Crippen molar-refractivity contribution in [3.8, 4) is 0 Å². The maximum absolute atomic E-state index is 9.84. The summed E-state index contributed by atoms with van der Waals surface area (Å²) in [5.41, 5.74) is 0.118. The van der Waals surface area contributed by atoms with Crippen molar-refractivity contribution in [2.24, 2.45) is 0 Å². The zero-order chi connectivity index (χ0) is 10.1. The number of aliphatic hydroxyl groups is 1. The first-order valence-electron chi connectivity index (χ1n) is 4.01. The van der Waals surface area contributed by atoms with Crippen molar-refractivity contribution in [2.75, 3.05) is 6.26 Å². The maximum Gasteiger partial charge on any atom is 0.0851 e. The third-order valence-corrected chi connectivity index (χ3v) is 2.84. The number of thioether (sulfide) groups is 1. The standard InChI is InChI=1S/C10H13ClOS/c1-10(2,12)8-5-4-7(11)6-9(8)13-3/h4-6,12H,1-3H3. The number of benzene rings is 1. The Bertz CT molecular complexity index is 304. The van der Waals surface area contributed by atoms with E-state index in [0.717, 1.165) is 10.5 Å². The second-order valence-corrected chi connectivity index (χ2v) is 4.69. The van der Waals surface area contributed by atoms with Gasteiger partial charge in [0.25, 0.3) is 0 Å². The number of hydrogen-bond acceptors (Lipinski definition) is 2. The van der Waals surface area contributed by atoms with Crippen molar-refractivity contribution in [1.82, 2.24) is 0 Å². The number of rotatable bonds is 2. The van der Waals surface area contributed by atoms with Crippen molar-refractivity contribution in [1.29, 1.82) is 0 Å². The normalized spacial score (nSPS) is 11.8. The minimum Gasteiger partial charge on any atom is -0.386 e. The van der Waals surface area contributed by atoms with Gasteiger partial charge in [0.15, 0.2) is 0 Å². The fourth-order valence-corrected chi connectivity index (χ4v) is 2.19. The Morgan fingerprint density at radius 3 is 2.46 bits per heavy atom. The van der Waals surface area contributed by atoms with Crippen LogP contribution in [-0.4, -0.2) is 11.4 Å². The molecule has 0 amide bonds. The summed E-state index contributed by atoms with van der Waals surface area (Å²) in [7, 11) is 0.